The van der Waals surface area contributed by atoms with E-state index >= 15 is 0 Å². The molecule has 2 heterocycles. The van der Waals surface area contributed by atoms with Crippen LogP contribution in [0.5, 0.6) is 5.88 Å². The van der Waals surface area contributed by atoms with Crippen molar-refractivity contribution in [1.82, 2.24) is 15.0 Å². The van der Waals surface area contributed by atoms with Gasteiger partial charge in [-0.15, -0.1) is 0 Å². The molecule has 8 heteroatoms. The van der Waals surface area contributed by atoms with Crippen LogP contribution in [0.3, 0.4) is 0 Å². The summed E-state index contributed by atoms with van der Waals surface area (Å²) in [4.78, 5) is 11.9. The van der Waals surface area contributed by atoms with Crippen LogP contribution < -0.4 is 21.9 Å². The van der Waals surface area contributed by atoms with Crippen LogP contribution in [0.15, 0.2) is 22.9 Å². The number of nitrogens with two attached hydrogens (primary N) is 3. The van der Waals surface area contributed by atoms with E-state index in [1.807, 2.05) is 0 Å². The van der Waals surface area contributed by atoms with E-state index in [-0.39, 0.29) is 18.3 Å². The van der Waals surface area contributed by atoms with Gasteiger partial charge < -0.3 is 21.9 Å². The number of hydrogen-bond donors (Lipinski definition) is 3. The molecule has 0 bridgehead atoms. The predicted molar refractivity (Wildman–Crippen MR) is 71.5 cm³/mol. The average Bonchev–Trinajstić information content (AvgIpc) is 2.32. The number of aromatic nitrogens is 3. The quantitative estimate of drug-likeness (QED) is 0.770. The number of halogens is 1. The van der Waals surface area contributed by atoms with Crippen molar-refractivity contribution in [2.75, 3.05) is 17.2 Å². The Kier molecular flexibility index (Phi) is 3.47. The topological polar surface area (TPSA) is 126 Å². The Labute approximate surface area is 112 Å². The third-order valence-electron chi connectivity index (χ3n) is 2.14. The second kappa shape index (κ2) is 5.05. The molecule has 0 fully saturated rings. The first-order valence-corrected chi connectivity index (χ1v) is 5.77. The smallest absolute Gasteiger partial charge is 0.258 e. The van der Waals surface area contributed by atoms with Crippen LogP contribution in [-0.2, 0) is 6.61 Å². The van der Waals surface area contributed by atoms with Crippen molar-refractivity contribution in [1.29, 1.82) is 0 Å². The third kappa shape index (κ3) is 2.77. The summed E-state index contributed by atoms with van der Waals surface area (Å²) in [6.45, 7) is 0.189. The molecular formula is C10H11BrN6O. The van der Waals surface area contributed by atoms with Gasteiger partial charge in [-0.25, -0.2) is 15.0 Å². The zero-order valence-corrected chi connectivity index (χ0v) is 10.9. The summed E-state index contributed by atoms with van der Waals surface area (Å²) in [5.74, 6) is 1.12. The first kappa shape index (κ1) is 12.4. The minimum Gasteiger partial charge on any atom is -0.470 e. The van der Waals surface area contributed by atoms with E-state index in [1.165, 1.54) is 6.20 Å². The Morgan fingerprint density at radius 2 is 1.89 bits per heavy atom. The highest BCUT2D eigenvalue weighted by Crippen LogP contribution is 2.20. The molecule has 2 aromatic heterocycles. The third-order valence-corrected chi connectivity index (χ3v) is 2.52. The molecular weight excluding hydrogens is 300 g/mol. The molecule has 0 aliphatic rings. The first-order valence-electron chi connectivity index (χ1n) is 4.98. The maximum absolute atomic E-state index is 5.71. The van der Waals surface area contributed by atoms with Crippen molar-refractivity contribution in [3.8, 4) is 5.88 Å². The lowest BCUT2D eigenvalue weighted by Crippen LogP contribution is -2.06. The summed E-state index contributed by atoms with van der Waals surface area (Å²) < 4.78 is 5.97. The highest BCUT2D eigenvalue weighted by atomic mass is 79.9. The molecule has 6 N–H and O–H groups in total. The molecule has 7 nitrogen and oxygen atoms in total. The van der Waals surface area contributed by atoms with E-state index in [0.717, 1.165) is 0 Å². The van der Waals surface area contributed by atoms with Crippen molar-refractivity contribution in [3.63, 3.8) is 0 Å². The Morgan fingerprint density at radius 1 is 1.11 bits per heavy atom. The lowest BCUT2D eigenvalue weighted by atomic mass is 10.2. The van der Waals surface area contributed by atoms with Crippen LogP contribution in [0.4, 0.5) is 17.5 Å². The van der Waals surface area contributed by atoms with Crippen LogP contribution in [0.25, 0.3) is 0 Å². The lowest BCUT2D eigenvalue weighted by Gasteiger charge is -2.09. The normalized spacial score (nSPS) is 10.3. The zero-order chi connectivity index (χ0) is 13.1. The monoisotopic (exact) mass is 310 g/mol. The van der Waals surface area contributed by atoms with Crippen LogP contribution in [-0.4, -0.2) is 15.0 Å². The molecule has 0 aliphatic carbocycles. The fourth-order valence-electron chi connectivity index (χ4n) is 1.26. The van der Waals surface area contributed by atoms with Gasteiger partial charge in [0.2, 0.25) is 0 Å². The Bertz CT molecular complexity index is 576. The minimum absolute atomic E-state index is 0.189. The largest absolute Gasteiger partial charge is 0.470 e. The molecule has 0 unspecified atom stereocenters. The Balaban J connectivity index is 2.13. The SMILES string of the molecule is Nc1ccc(COc2nc(Br)cnc2N)c(N)n1. The summed E-state index contributed by atoms with van der Waals surface area (Å²) in [5, 5.41) is 0. The fourth-order valence-corrected chi connectivity index (χ4v) is 1.52. The Hall–Kier alpha value is -2.09. The van der Waals surface area contributed by atoms with Gasteiger partial charge in [0.05, 0.1) is 6.20 Å². The van der Waals surface area contributed by atoms with Crippen LogP contribution in [0.1, 0.15) is 5.56 Å². The summed E-state index contributed by atoms with van der Waals surface area (Å²) in [5.41, 5.74) is 17.5. The standard InChI is InChI=1S/C10H11BrN6O/c11-6-3-15-9(14)10(16-6)18-4-5-1-2-7(12)17-8(5)13/h1-3H,4H2,(H2,14,15)(H4,12,13,17). The first-order chi connectivity index (χ1) is 8.56. The minimum atomic E-state index is 0.189. The molecule has 0 spiro atoms. The second-order valence-electron chi connectivity index (χ2n) is 3.45. The summed E-state index contributed by atoms with van der Waals surface area (Å²) in [7, 11) is 0. The van der Waals surface area contributed by atoms with E-state index in [1.54, 1.807) is 12.1 Å². The zero-order valence-electron chi connectivity index (χ0n) is 9.30. The van der Waals surface area contributed by atoms with Gasteiger partial charge in [-0.1, -0.05) is 0 Å². The van der Waals surface area contributed by atoms with Crippen molar-refractivity contribution in [2.45, 2.75) is 6.61 Å². The molecule has 2 rings (SSSR count). The number of anilines is 3. The van der Waals surface area contributed by atoms with Gasteiger partial charge in [-0.2, -0.15) is 0 Å². The number of rotatable bonds is 3. The highest BCUT2D eigenvalue weighted by molar-refractivity contribution is 9.10. The van der Waals surface area contributed by atoms with Gasteiger partial charge in [-0.05, 0) is 28.1 Å². The van der Waals surface area contributed by atoms with Gasteiger partial charge >= 0.3 is 0 Å². The molecule has 2 aromatic rings. The van der Waals surface area contributed by atoms with E-state index in [9.17, 15) is 0 Å². The molecule has 0 radical (unpaired) electrons. The molecule has 0 atom stereocenters. The molecule has 0 aliphatic heterocycles. The molecule has 18 heavy (non-hydrogen) atoms. The maximum Gasteiger partial charge on any atom is 0.258 e. The van der Waals surface area contributed by atoms with Crippen LogP contribution in [0.2, 0.25) is 0 Å². The lowest BCUT2D eigenvalue weighted by molar-refractivity contribution is 0.294. The van der Waals surface area contributed by atoms with Crippen LogP contribution in [0, 0.1) is 0 Å². The molecule has 0 saturated carbocycles. The van der Waals surface area contributed by atoms with Crippen LogP contribution >= 0.6 is 15.9 Å². The molecule has 94 valence electrons. The summed E-state index contributed by atoms with van der Waals surface area (Å²) >= 11 is 3.18. The fraction of sp³-hybridized carbons (Fsp3) is 0.100. The Morgan fingerprint density at radius 3 is 2.61 bits per heavy atom. The van der Waals surface area contributed by atoms with Crippen molar-refractivity contribution in [2.24, 2.45) is 0 Å². The van der Waals surface area contributed by atoms with Crippen molar-refractivity contribution in [3.05, 3.63) is 28.5 Å². The van der Waals surface area contributed by atoms with E-state index in [0.29, 0.717) is 21.8 Å². The summed E-state index contributed by atoms with van der Waals surface area (Å²) in [6.07, 6.45) is 1.49. The number of nitrogen functional groups attached to an aromatic ring is 3. The van der Waals surface area contributed by atoms with Crippen molar-refractivity contribution < 1.29 is 4.74 Å². The number of ether oxygens (including phenoxy) is 1. The van der Waals surface area contributed by atoms with Gasteiger partial charge in [0.1, 0.15) is 22.8 Å². The van der Waals surface area contributed by atoms with Gasteiger partial charge in [-0.3, -0.25) is 0 Å². The van der Waals surface area contributed by atoms with E-state index in [4.69, 9.17) is 21.9 Å². The molecule has 0 amide bonds. The maximum atomic E-state index is 5.71. The number of nitrogens with zero attached hydrogens (tertiary/aromatic N) is 3. The van der Waals surface area contributed by atoms with E-state index < -0.39 is 0 Å². The number of pyridine rings is 1. The average molecular weight is 311 g/mol. The van der Waals surface area contributed by atoms with Gasteiger partial charge in [0.15, 0.2) is 5.82 Å². The molecule has 0 saturated heterocycles. The second-order valence-corrected chi connectivity index (χ2v) is 4.26. The highest BCUT2D eigenvalue weighted by Gasteiger charge is 2.07. The molecule has 0 aromatic carbocycles. The van der Waals surface area contributed by atoms with E-state index in [2.05, 4.69) is 30.9 Å². The predicted octanol–water partition coefficient (Wildman–Crippen LogP) is 0.960. The van der Waals surface area contributed by atoms with Crippen molar-refractivity contribution >= 4 is 33.4 Å². The van der Waals surface area contributed by atoms with Gasteiger partial charge in [0.25, 0.3) is 5.88 Å². The number of hydrogen-bond acceptors (Lipinski definition) is 7. The van der Waals surface area contributed by atoms with Gasteiger partial charge in [0, 0.05) is 5.56 Å². The summed E-state index contributed by atoms with van der Waals surface area (Å²) in [6, 6.07) is 3.38.